The number of hydrazone groups is 2. The predicted molar refractivity (Wildman–Crippen MR) is 54.4 cm³/mol. The zero-order chi connectivity index (χ0) is 11.0. The summed E-state index contributed by atoms with van der Waals surface area (Å²) in [6.45, 7) is 4.35. The van der Waals surface area contributed by atoms with Gasteiger partial charge in [0.05, 0.1) is 0 Å². The molecule has 0 aliphatic carbocycles. The lowest BCUT2D eigenvalue weighted by Gasteiger charge is -2.13. The second-order valence-electron chi connectivity index (χ2n) is 2.53. The van der Waals surface area contributed by atoms with Gasteiger partial charge in [-0.05, 0) is 12.8 Å². The van der Waals surface area contributed by atoms with Crippen LogP contribution in [0, 0.1) is 10.1 Å². The van der Waals surface area contributed by atoms with E-state index in [1.807, 2.05) is 13.8 Å². The monoisotopic (exact) mass is 201 g/mol. The van der Waals surface area contributed by atoms with Gasteiger partial charge in [-0.2, -0.15) is 5.10 Å². The Morgan fingerprint density at radius 3 is 2.71 bits per heavy atom. The molecular formula is C7H15N5O2. The van der Waals surface area contributed by atoms with Crippen LogP contribution in [-0.4, -0.2) is 28.8 Å². The van der Waals surface area contributed by atoms with E-state index in [1.54, 1.807) is 6.21 Å². The summed E-state index contributed by atoms with van der Waals surface area (Å²) in [6.07, 6.45) is 3.15. The van der Waals surface area contributed by atoms with E-state index in [4.69, 9.17) is 5.73 Å². The maximum atomic E-state index is 10.1. The Morgan fingerprint density at radius 1 is 1.64 bits per heavy atom. The second-order valence-corrected chi connectivity index (χ2v) is 2.53. The van der Waals surface area contributed by atoms with Gasteiger partial charge in [-0.25, -0.2) is 15.1 Å². The fourth-order valence-corrected chi connectivity index (χ4v) is 0.759. The molecular weight excluding hydrogens is 186 g/mol. The van der Waals surface area contributed by atoms with Crippen LogP contribution < -0.4 is 5.73 Å². The predicted octanol–water partition coefficient (Wildman–Crippen LogP) is 0.601. The lowest BCUT2D eigenvalue weighted by atomic mass is 10.5. The number of nitrogens with two attached hydrogens (primary N) is 1. The minimum atomic E-state index is -0.834. The number of nitrogens with zero attached hydrogens (tertiary/aromatic N) is 4. The molecule has 2 N–H and O–H groups in total. The van der Waals surface area contributed by atoms with Crippen LogP contribution in [0.15, 0.2) is 10.2 Å². The van der Waals surface area contributed by atoms with Crippen LogP contribution in [0.25, 0.3) is 0 Å². The molecule has 0 rings (SSSR count). The summed E-state index contributed by atoms with van der Waals surface area (Å²) in [4.78, 5) is 10.1. The first-order chi connectivity index (χ1) is 6.61. The van der Waals surface area contributed by atoms with E-state index in [2.05, 4.69) is 10.2 Å². The first-order valence-electron chi connectivity index (χ1n) is 4.40. The van der Waals surface area contributed by atoms with E-state index >= 15 is 0 Å². The SMILES string of the molecule is CC/C=N/N(CCC)/C(N)=N/[N+](=O)[O-]. The van der Waals surface area contributed by atoms with Crippen molar-refractivity contribution in [1.29, 1.82) is 0 Å². The summed E-state index contributed by atoms with van der Waals surface area (Å²) >= 11 is 0. The molecule has 0 amide bonds. The molecule has 0 heterocycles. The number of rotatable bonds is 5. The molecule has 0 aromatic heterocycles. The highest BCUT2D eigenvalue weighted by atomic mass is 16.7. The van der Waals surface area contributed by atoms with E-state index in [9.17, 15) is 10.1 Å². The van der Waals surface area contributed by atoms with Crippen molar-refractivity contribution >= 4 is 12.2 Å². The largest absolute Gasteiger partial charge is 0.363 e. The summed E-state index contributed by atoms with van der Waals surface area (Å²) in [5, 5.41) is 17.4. The molecule has 0 saturated carbocycles. The molecule has 0 fully saturated rings. The van der Waals surface area contributed by atoms with Gasteiger partial charge in [0.25, 0.3) is 5.96 Å². The average molecular weight is 201 g/mol. The van der Waals surface area contributed by atoms with E-state index < -0.39 is 5.03 Å². The summed E-state index contributed by atoms with van der Waals surface area (Å²) in [5.74, 6) is -0.193. The third-order valence-electron chi connectivity index (χ3n) is 1.29. The Balaban J connectivity index is 4.47. The highest BCUT2D eigenvalue weighted by Gasteiger charge is 2.08. The molecule has 0 aromatic carbocycles. The van der Waals surface area contributed by atoms with Crippen molar-refractivity contribution in [1.82, 2.24) is 5.01 Å². The van der Waals surface area contributed by atoms with Crippen molar-refractivity contribution in [2.45, 2.75) is 26.7 Å². The Bertz CT molecular complexity index is 238. The standard InChI is InChI=1S/C7H15N5O2/c1-3-5-9-11(6-4-2)7(8)10-12(13)14/h5H,3-4,6H2,1-2H3,(H2,8,10)/b9-5+. The summed E-state index contributed by atoms with van der Waals surface area (Å²) in [6, 6.07) is 0. The fraction of sp³-hybridized carbons (Fsp3) is 0.714. The van der Waals surface area contributed by atoms with Crippen LogP contribution in [0.1, 0.15) is 26.7 Å². The molecule has 0 unspecified atom stereocenters. The summed E-state index contributed by atoms with van der Waals surface area (Å²) in [7, 11) is 0. The van der Waals surface area contributed by atoms with Gasteiger partial charge in [0.1, 0.15) is 5.10 Å². The Kier molecular flexibility index (Phi) is 6.01. The number of nitro groups is 1. The van der Waals surface area contributed by atoms with Crippen LogP contribution in [0.2, 0.25) is 0 Å². The molecule has 0 aliphatic rings. The normalized spacial score (nSPS) is 12.0. The van der Waals surface area contributed by atoms with Crippen LogP contribution in [0.3, 0.4) is 0 Å². The first-order valence-corrected chi connectivity index (χ1v) is 4.40. The smallest absolute Gasteiger partial charge is 0.289 e. The number of hydrogen-bond donors (Lipinski definition) is 1. The minimum absolute atomic E-state index is 0.193. The molecule has 7 nitrogen and oxygen atoms in total. The summed E-state index contributed by atoms with van der Waals surface area (Å²) in [5.41, 5.74) is 5.37. The van der Waals surface area contributed by atoms with Crippen molar-refractivity contribution < 1.29 is 5.03 Å². The van der Waals surface area contributed by atoms with Crippen molar-refractivity contribution in [2.75, 3.05) is 6.54 Å². The second kappa shape index (κ2) is 6.81. The van der Waals surface area contributed by atoms with E-state index in [-0.39, 0.29) is 5.96 Å². The first kappa shape index (κ1) is 12.3. The van der Waals surface area contributed by atoms with Gasteiger partial charge in [-0.1, -0.05) is 13.8 Å². The van der Waals surface area contributed by atoms with Gasteiger partial charge >= 0.3 is 0 Å². The lowest BCUT2D eigenvalue weighted by molar-refractivity contribution is -0.485. The van der Waals surface area contributed by atoms with Crippen LogP contribution in [0.5, 0.6) is 0 Å². The quantitative estimate of drug-likeness (QED) is 0.305. The molecule has 0 radical (unpaired) electrons. The minimum Gasteiger partial charge on any atom is -0.363 e. The number of hydrogen-bond acceptors (Lipinski definition) is 3. The maximum absolute atomic E-state index is 10.1. The van der Waals surface area contributed by atoms with Crippen LogP contribution in [0.4, 0.5) is 0 Å². The number of guanidine groups is 1. The average Bonchev–Trinajstić information content (AvgIpc) is 2.10. The Hall–Kier alpha value is -1.66. The Morgan fingerprint density at radius 2 is 2.29 bits per heavy atom. The Labute approximate surface area is 82.4 Å². The lowest BCUT2D eigenvalue weighted by Crippen LogP contribution is -2.34. The molecule has 0 aliphatic heterocycles. The maximum Gasteiger partial charge on any atom is 0.289 e. The van der Waals surface area contributed by atoms with Gasteiger partial charge < -0.3 is 5.73 Å². The van der Waals surface area contributed by atoms with E-state index in [0.29, 0.717) is 6.54 Å². The third kappa shape index (κ3) is 5.07. The van der Waals surface area contributed by atoms with Crippen molar-refractivity contribution in [3.05, 3.63) is 10.1 Å². The third-order valence-corrected chi connectivity index (χ3v) is 1.29. The zero-order valence-electron chi connectivity index (χ0n) is 8.38. The molecule has 14 heavy (non-hydrogen) atoms. The molecule has 0 saturated heterocycles. The highest BCUT2D eigenvalue weighted by Crippen LogP contribution is 1.92. The topological polar surface area (TPSA) is 97.1 Å². The van der Waals surface area contributed by atoms with Gasteiger partial charge in [-0.3, -0.25) is 0 Å². The van der Waals surface area contributed by atoms with Crippen molar-refractivity contribution in [2.24, 2.45) is 15.9 Å². The molecule has 0 bridgehead atoms. The molecule has 0 spiro atoms. The molecule has 0 aromatic rings. The zero-order valence-corrected chi connectivity index (χ0v) is 8.38. The fourth-order valence-electron chi connectivity index (χ4n) is 0.759. The van der Waals surface area contributed by atoms with Crippen LogP contribution >= 0.6 is 0 Å². The van der Waals surface area contributed by atoms with E-state index in [0.717, 1.165) is 12.8 Å². The van der Waals surface area contributed by atoms with Crippen LogP contribution in [-0.2, 0) is 0 Å². The van der Waals surface area contributed by atoms with Crippen molar-refractivity contribution in [3.63, 3.8) is 0 Å². The summed E-state index contributed by atoms with van der Waals surface area (Å²) < 4.78 is 0. The van der Waals surface area contributed by atoms with Gasteiger partial charge in [-0.15, -0.1) is 0 Å². The van der Waals surface area contributed by atoms with Gasteiger partial charge in [0.15, 0.2) is 5.03 Å². The molecule has 7 heteroatoms. The molecule has 80 valence electrons. The highest BCUT2D eigenvalue weighted by molar-refractivity contribution is 5.78. The van der Waals surface area contributed by atoms with Gasteiger partial charge in [0, 0.05) is 12.8 Å². The molecule has 0 atom stereocenters. The van der Waals surface area contributed by atoms with E-state index in [1.165, 1.54) is 5.01 Å². The van der Waals surface area contributed by atoms with Crippen molar-refractivity contribution in [3.8, 4) is 0 Å². The van der Waals surface area contributed by atoms with Gasteiger partial charge in [0.2, 0.25) is 0 Å².